The highest BCUT2D eigenvalue weighted by molar-refractivity contribution is 5.95. The first kappa shape index (κ1) is 13.0. The maximum absolute atomic E-state index is 11.7. The van der Waals surface area contributed by atoms with Crippen molar-refractivity contribution in [2.75, 3.05) is 19.1 Å². The zero-order chi connectivity index (χ0) is 13.7. The Balaban J connectivity index is 2.24. The Morgan fingerprint density at radius 3 is 2.58 bits per heavy atom. The third-order valence-corrected chi connectivity index (χ3v) is 2.72. The van der Waals surface area contributed by atoms with E-state index in [1.54, 1.807) is 24.5 Å². The van der Waals surface area contributed by atoms with Crippen LogP contribution in [0.25, 0.3) is 0 Å². The van der Waals surface area contributed by atoms with Gasteiger partial charge in [-0.2, -0.15) is 0 Å². The van der Waals surface area contributed by atoms with Crippen molar-refractivity contribution in [3.63, 3.8) is 0 Å². The number of esters is 1. The lowest BCUT2D eigenvalue weighted by Gasteiger charge is -2.20. The largest absolute Gasteiger partial charge is 0.465 e. The number of benzene rings is 1. The maximum atomic E-state index is 11.7. The number of rotatable bonds is 4. The third kappa shape index (κ3) is 3.07. The van der Waals surface area contributed by atoms with Crippen LogP contribution in [-0.2, 0) is 11.3 Å². The molecular weight excluding hydrogens is 242 g/mol. The third-order valence-electron chi connectivity index (χ3n) is 2.72. The summed E-state index contributed by atoms with van der Waals surface area (Å²) in [6, 6.07) is 9.07. The van der Waals surface area contributed by atoms with E-state index in [9.17, 15) is 4.79 Å². The number of methoxy groups -OCH3 is 1. The molecule has 5 nitrogen and oxygen atoms in total. The van der Waals surface area contributed by atoms with Gasteiger partial charge < -0.3 is 9.64 Å². The molecule has 5 heteroatoms. The van der Waals surface area contributed by atoms with Crippen LogP contribution in [0.2, 0.25) is 0 Å². The van der Waals surface area contributed by atoms with Crippen LogP contribution in [0.5, 0.6) is 0 Å². The second-order valence-electron chi connectivity index (χ2n) is 4.03. The monoisotopic (exact) mass is 257 g/mol. The molecule has 0 spiro atoms. The molecule has 0 bridgehead atoms. The number of nitrogens with zero attached hydrogens (tertiary/aromatic N) is 3. The summed E-state index contributed by atoms with van der Waals surface area (Å²) in [5.41, 5.74) is 1.32. The molecule has 2 rings (SSSR count). The minimum Gasteiger partial charge on any atom is -0.465 e. The Labute approximate surface area is 111 Å². The summed E-state index contributed by atoms with van der Waals surface area (Å²) in [5, 5.41) is 0. The van der Waals surface area contributed by atoms with Crippen LogP contribution in [0.1, 0.15) is 16.2 Å². The Morgan fingerprint density at radius 1 is 1.21 bits per heavy atom. The number of hydrogen-bond donors (Lipinski definition) is 0. The molecule has 1 aromatic heterocycles. The molecule has 1 aromatic carbocycles. The zero-order valence-corrected chi connectivity index (χ0v) is 10.9. The summed E-state index contributed by atoms with van der Waals surface area (Å²) in [6.07, 6.45) is 3.39. The zero-order valence-electron chi connectivity index (χ0n) is 10.9. The normalized spacial score (nSPS) is 10.0. The number of aromatic nitrogens is 2. The fourth-order valence-electron chi connectivity index (χ4n) is 1.80. The highest BCUT2D eigenvalue weighted by Gasteiger charge is 2.14. The molecule has 0 atom stereocenters. The van der Waals surface area contributed by atoms with E-state index in [2.05, 4.69) is 9.97 Å². The highest BCUT2D eigenvalue weighted by atomic mass is 16.5. The van der Waals surface area contributed by atoms with E-state index in [-0.39, 0.29) is 5.97 Å². The van der Waals surface area contributed by atoms with Crippen molar-refractivity contribution < 1.29 is 9.53 Å². The predicted octanol–water partition coefficient (Wildman–Crippen LogP) is 1.90. The fraction of sp³-hybridized carbons (Fsp3) is 0.214. The van der Waals surface area contributed by atoms with Gasteiger partial charge in [0.05, 0.1) is 24.9 Å². The van der Waals surface area contributed by atoms with Gasteiger partial charge >= 0.3 is 5.97 Å². The quantitative estimate of drug-likeness (QED) is 0.783. The average molecular weight is 257 g/mol. The highest BCUT2D eigenvalue weighted by Crippen LogP contribution is 2.20. The van der Waals surface area contributed by atoms with Crippen molar-refractivity contribution in [1.29, 1.82) is 0 Å². The van der Waals surface area contributed by atoms with E-state index in [0.29, 0.717) is 17.9 Å². The molecule has 0 aliphatic carbocycles. The SMILES string of the molecule is COC(=O)c1ccccc1N(C)Cc1ncccn1. The van der Waals surface area contributed by atoms with Crippen LogP contribution in [0, 0.1) is 0 Å². The first-order chi connectivity index (χ1) is 9.22. The van der Waals surface area contributed by atoms with Crippen LogP contribution in [0.3, 0.4) is 0 Å². The Bertz CT molecular complexity index is 558. The van der Waals surface area contributed by atoms with Gasteiger partial charge in [0.15, 0.2) is 0 Å². The summed E-state index contributed by atoms with van der Waals surface area (Å²) >= 11 is 0. The van der Waals surface area contributed by atoms with E-state index in [1.165, 1.54) is 7.11 Å². The topological polar surface area (TPSA) is 55.3 Å². The van der Waals surface area contributed by atoms with Gasteiger partial charge in [0.1, 0.15) is 5.82 Å². The molecule has 19 heavy (non-hydrogen) atoms. The van der Waals surface area contributed by atoms with Gasteiger partial charge in [-0.1, -0.05) is 12.1 Å². The number of para-hydroxylation sites is 1. The summed E-state index contributed by atoms with van der Waals surface area (Å²) in [6.45, 7) is 0.523. The van der Waals surface area contributed by atoms with Gasteiger partial charge in [-0.15, -0.1) is 0 Å². The molecule has 2 aromatic rings. The summed E-state index contributed by atoms with van der Waals surface area (Å²) in [4.78, 5) is 22.0. The lowest BCUT2D eigenvalue weighted by atomic mass is 10.1. The second-order valence-corrected chi connectivity index (χ2v) is 4.03. The van der Waals surface area contributed by atoms with Crippen molar-refractivity contribution in [2.24, 2.45) is 0 Å². The van der Waals surface area contributed by atoms with E-state index in [1.807, 2.05) is 30.1 Å². The van der Waals surface area contributed by atoms with Crippen LogP contribution >= 0.6 is 0 Å². The molecule has 0 saturated heterocycles. The Morgan fingerprint density at radius 2 is 1.89 bits per heavy atom. The number of carbonyl (C=O) groups is 1. The molecular formula is C14H15N3O2. The van der Waals surface area contributed by atoms with Gasteiger partial charge in [0, 0.05) is 19.4 Å². The average Bonchev–Trinajstić information content (AvgIpc) is 2.47. The lowest BCUT2D eigenvalue weighted by Crippen LogP contribution is -2.21. The smallest absolute Gasteiger partial charge is 0.339 e. The molecule has 0 saturated carbocycles. The lowest BCUT2D eigenvalue weighted by molar-refractivity contribution is 0.0601. The Kier molecular flexibility index (Phi) is 4.07. The van der Waals surface area contributed by atoms with Gasteiger partial charge in [0.2, 0.25) is 0 Å². The van der Waals surface area contributed by atoms with E-state index >= 15 is 0 Å². The van der Waals surface area contributed by atoms with E-state index in [4.69, 9.17) is 4.74 Å². The standard InChI is InChI=1S/C14H15N3O2/c1-17(10-13-15-8-5-9-16-13)12-7-4-3-6-11(12)14(18)19-2/h3-9H,10H2,1-2H3. The van der Waals surface area contributed by atoms with Gasteiger partial charge in [0.25, 0.3) is 0 Å². The summed E-state index contributed by atoms with van der Waals surface area (Å²) in [7, 11) is 3.26. The second kappa shape index (κ2) is 5.95. The van der Waals surface area contributed by atoms with E-state index < -0.39 is 0 Å². The fourth-order valence-corrected chi connectivity index (χ4v) is 1.80. The Hall–Kier alpha value is -2.43. The molecule has 0 radical (unpaired) electrons. The first-order valence-electron chi connectivity index (χ1n) is 5.86. The van der Waals surface area contributed by atoms with Gasteiger partial charge in [-0.3, -0.25) is 0 Å². The van der Waals surface area contributed by atoms with Gasteiger partial charge in [-0.25, -0.2) is 14.8 Å². The molecule has 0 fully saturated rings. The molecule has 0 amide bonds. The van der Waals surface area contributed by atoms with E-state index in [0.717, 1.165) is 5.69 Å². The van der Waals surface area contributed by atoms with Gasteiger partial charge in [-0.05, 0) is 18.2 Å². The number of hydrogen-bond acceptors (Lipinski definition) is 5. The number of carbonyl (C=O) groups excluding carboxylic acids is 1. The van der Waals surface area contributed by atoms with Crippen molar-refractivity contribution in [3.05, 3.63) is 54.1 Å². The van der Waals surface area contributed by atoms with Crippen molar-refractivity contribution in [2.45, 2.75) is 6.54 Å². The van der Waals surface area contributed by atoms with Crippen LogP contribution in [0.4, 0.5) is 5.69 Å². The summed E-state index contributed by atoms with van der Waals surface area (Å²) in [5.74, 6) is 0.348. The summed E-state index contributed by atoms with van der Waals surface area (Å²) < 4.78 is 4.78. The minimum absolute atomic E-state index is 0.351. The first-order valence-corrected chi connectivity index (χ1v) is 5.86. The van der Waals surface area contributed by atoms with Crippen molar-refractivity contribution in [1.82, 2.24) is 9.97 Å². The maximum Gasteiger partial charge on any atom is 0.339 e. The minimum atomic E-state index is -0.351. The van der Waals surface area contributed by atoms with Crippen LogP contribution in [0.15, 0.2) is 42.7 Å². The molecule has 0 aliphatic rings. The number of ether oxygens (including phenoxy) is 1. The molecule has 98 valence electrons. The van der Waals surface area contributed by atoms with Crippen molar-refractivity contribution in [3.8, 4) is 0 Å². The molecule has 0 N–H and O–H groups in total. The molecule has 0 aliphatic heterocycles. The van der Waals surface area contributed by atoms with Crippen LogP contribution in [-0.4, -0.2) is 30.1 Å². The molecule has 1 heterocycles. The van der Waals surface area contributed by atoms with Crippen molar-refractivity contribution >= 4 is 11.7 Å². The number of anilines is 1. The predicted molar refractivity (Wildman–Crippen MR) is 71.9 cm³/mol. The van der Waals surface area contributed by atoms with Crippen LogP contribution < -0.4 is 4.90 Å². The molecule has 0 unspecified atom stereocenters.